The Labute approximate surface area is 164 Å². The summed E-state index contributed by atoms with van der Waals surface area (Å²) in [6.45, 7) is 8.62. The second-order valence-electron chi connectivity index (χ2n) is 5.71. The average Bonchev–Trinajstić information content (AvgIpc) is 2.70. The Morgan fingerprint density at radius 1 is 1.25 bits per heavy atom. The predicted octanol–water partition coefficient (Wildman–Crippen LogP) is 1.74. The van der Waals surface area contributed by atoms with Crippen LogP contribution in [0.2, 0.25) is 0 Å². The number of piperazine rings is 1. The van der Waals surface area contributed by atoms with Crippen LogP contribution in [0.1, 0.15) is 26.3 Å². The Hall–Kier alpha value is -2.68. The Bertz CT molecular complexity index is 702. The number of esters is 1. The van der Waals surface area contributed by atoms with Gasteiger partial charge in [0.05, 0.1) is 18.8 Å². The van der Waals surface area contributed by atoms with Crippen molar-refractivity contribution in [2.24, 2.45) is 16.5 Å². The second-order valence-corrected chi connectivity index (χ2v) is 5.71. The molecular formula is C19H29F2N5O2. The first-order chi connectivity index (χ1) is 13.4. The average molecular weight is 397 g/mol. The van der Waals surface area contributed by atoms with Gasteiger partial charge in [-0.05, 0) is 25.1 Å². The standard InChI is InChI=1S/C17H23F2N5O2.C2H6/c1-2-26-16(25)11-23-5-7-24(8-6-23)17(21)22-15(10-20)13-9-12(18)3-4-14(13)19;1-2/h3-4,9-10H,2,5-8,11,20H2,1H3,(H2,21,22);1-2H3/b15-10-;. The van der Waals surface area contributed by atoms with Crippen LogP contribution in [0.15, 0.2) is 29.4 Å². The summed E-state index contributed by atoms with van der Waals surface area (Å²) in [6.07, 6.45) is 1.09. The second kappa shape index (κ2) is 11.9. The van der Waals surface area contributed by atoms with Gasteiger partial charge in [0.1, 0.15) is 11.6 Å². The minimum absolute atomic E-state index is 0.0495. The van der Waals surface area contributed by atoms with Gasteiger partial charge in [-0.3, -0.25) is 9.69 Å². The number of aliphatic imine (C=N–C) groups is 1. The molecule has 0 amide bonds. The van der Waals surface area contributed by atoms with Gasteiger partial charge in [-0.25, -0.2) is 13.8 Å². The first-order valence-electron chi connectivity index (χ1n) is 9.29. The number of hydrogen-bond donors (Lipinski definition) is 2. The smallest absolute Gasteiger partial charge is 0.320 e. The molecule has 1 aliphatic rings. The minimum atomic E-state index is -0.640. The molecule has 9 heteroatoms. The lowest BCUT2D eigenvalue weighted by molar-refractivity contribution is -0.144. The largest absolute Gasteiger partial charge is 0.465 e. The summed E-state index contributed by atoms with van der Waals surface area (Å²) in [5.41, 5.74) is 11.5. The summed E-state index contributed by atoms with van der Waals surface area (Å²) in [6, 6.07) is 3.04. The molecule has 0 atom stereocenters. The molecule has 1 aliphatic heterocycles. The van der Waals surface area contributed by atoms with Crippen LogP contribution in [0.25, 0.3) is 5.70 Å². The number of hydrogen-bond acceptors (Lipinski definition) is 5. The number of rotatable bonds is 5. The third-order valence-corrected chi connectivity index (χ3v) is 3.95. The molecule has 0 aliphatic carbocycles. The van der Waals surface area contributed by atoms with E-state index in [-0.39, 0.29) is 29.7 Å². The highest BCUT2D eigenvalue weighted by molar-refractivity contribution is 5.85. The van der Waals surface area contributed by atoms with Crippen LogP contribution in [0.5, 0.6) is 0 Å². The summed E-state index contributed by atoms with van der Waals surface area (Å²) >= 11 is 0. The van der Waals surface area contributed by atoms with Crippen molar-refractivity contribution in [3.05, 3.63) is 41.6 Å². The molecule has 1 aromatic carbocycles. The van der Waals surface area contributed by atoms with Crippen molar-refractivity contribution in [3.8, 4) is 0 Å². The first-order valence-corrected chi connectivity index (χ1v) is 9.29. The number of ether oxygens (including phenoxy) is 1. The number of nitrogens with two attached hydrogens (primary N) is 2. The summed E-state index contributed by atoms with van der Waals surface area (Å²) in [5, 5.41) is 0. The van der Waals surface area contributed by atoms with E-state index in [4.69, 9.17) is 16.2 Å². The molecule has 0 spiro atoms. The van der Waals surface area contributed by atoms with Gasteiger partial charge in [0, 0.05) is 37.9 Å². The van der Waals surface area contributed by atoms with E-state index in [1.165, 1.54) is 0 Å². The van der Waals surface area contributed by atoms with Gasteiger partial charge >= 0.3 is 5.97 Å². The van der Waals surface area contributed by atoms with E-state index in [1.54, 1.807) is 11.8 Å². The predicted molar refractivity (Wildman–Crippen MR) is 106 cm³/mol. The highest BCUT2D eigenvalue weighted by atomic mass is 19.1. The van der Waals surface area contributed by atoms with E-state index in [9.17, 15) is 13.6 Å². The Kier molecular flexibility index (Phi) is 9.94. The van der Waals surface area contributed by atoms with Crippen LogP contribution < -0.4 is 11.5 Å². The molecule has 2 rings (SSSR count). The molecule has 28 heavy (non-hydrogen) atoms. The Morgan fingerprint density at radius 3 is 2.46 bits per heavy atom. The van der Waals surface area contributed by atoms with E-state index in [1.807, 2.05) is 18.7 Å². The maximum atomic E-state index is 13.9. The summed E-state index contributed by atoms with van der Waals surface area (Å²) in [4.78, 5) is 19.4. The highest BCUT2D eigenvalue weighted by Crippen LogP contribution is 2.20. The number of guanidine groups is 1. The number of benzene rings is 1. The van der Waals surface area contributed by atoms with Crippen molar-refractivity contribution < 1.29 is 18.3 Å². The van der Waals surface area contributed by atoms with Crippen LogP contribution in [0, 0.1) is 11.6 Å². The fourth-order valence-corrected chi connectivity index (χ4v) is 2.60. The van der Waals surface area contributed by atoms with Crippen molar-refractivity contribution in [1.29, 1.82) is 0 Å². The molecule has 0 radical (unpaired) electrons. The first kappa shape index (κ1) is 23.4. The van der Waals surface area contributed by atoms with Gasteiger partial charge in [-0.2, -0.15) is 0 Å². The van der Waals surface area contributed by atoms with Crippen LogP contribution in [-0.2, 0) is 9.53 Å². The van der Waals surface area contributed by atoms with Gasteiger partial charge in [-0.1, -0.05) is 13.8 Å². The van der Waals surface area contributed by atoms with Gasteiger partial charge < -0.3 is 21.1 Å². The fraction of sp³-hybridized carbons (Fsp3) is 0.474. The van der Waals surface area contributed by atoms with Crippen LogP contribution in [0.3, 0.4) is 0 Å². The van der Waals surface area contributed by atoms with Gasteiger partial charge in [0.15, 0.2) is 5.96 Å². The lowest BCUT2D eigenvalue weighted by Gasteiger charge is -2.34. The SMILES string of the molecule is CC.CCOC(=O)CN1CCN(C(N)=N/C(=C\N)c2cc(F)ccc2F)CC1. The topological polar surface area (TPSA) is 97.2 Å². The van der Waals surface area contributed by atoms with Crippen LogP contribution in [-0.4, -0.2) is 61.1 Å². The summed E-state index contributed by atoms with van der Waals surface area (Å²) in [7, 11) is 0. The maximum Gasteiger partial charge on any atom is 0.320 e. The molecule has 4 N–H and O–H groups in total. The Balaban J connectivity index is 0.00000190. The minimum Gasteiger partial charge on any atom is -0.465 e. The molecule has 0 saturated carbocycles. The molecule has 0 unspecified atom stereocenters. The lowest BCUT2D eigenvalue weighted by atomic mass is 10.1. The number of carbonyl (C=O) groups is 1. The molecule has 7 nitrogen and oxygen atoms in total. The highest BCUT2D eigenvalue weighted by Gasteiger charge is 2.21. The zero-order chi connectivity index (χ0) is 21.1. The third-order valence-electron chi connectivity index (χ3n) is 3.95. The molecule has 0 aromatic heterocycles. The normalized spacial score (nSPS) is 15.7. The summed E-state index contributed by atoms with van der Waals surface area (Å²) < 4.78 is 32.2. The van der Waals surface area contributed by atoms with E-state index in [0.29, 0.717) is 32.8 Å². The molecule has 1 heterocycles. The van der Waals surface area contributed by atoms with Crippen molar-refractivity contribution in [3.63, 3.8) is 0 Å². The van der Waals surface area contributed by atoms with Crippen molar-refractivity contribution in [1.82, 2.24) is 9.80 Å². The quantitative estimate of drug-likeness (QED) is 0.446. The molecule has 1 fully saturated rings. The van der Waals surface area contributed by atoms with E-state index >= 15 is 0 Å². The van der Waals surface area contributed by atoms with Crippen molar-refractivity contribution in [2.45, 2.75) is 20.8 Å². The van der Waals surface area contributed by atoms with Crippen molar-refractivity contribution >= 4 is 17.6 Å². The maximum absolute atomic E-state index is 13.9. The van der Waals surface area contributed by atoms with Crippen LogP contribution in [0.4, 0.5) is 8.78 Å². The van der Waals surface area contributed by atoms with E-state index < -0.39 is 11.6 Å². The number of nitrogens with zero attached hydrogens (tertiary/aromatic N) is 3. The fourth-order valence-electron chi connectivity index (χ4n) is 2.60. The van der Waals surface area contributed by atoms with Gasteiger partial charge in [0.2, 0.25) is 0 Å². The van der Waals surface area contributed by atoms with Crippen LogP contribution >= 0.6 is 0 Å². The lowest BCUT2D eigenvalue weighted by Crippen LogP contribution is -2.52. The van der Waals surface area contributed by atoms with Gasteiger partial charge in [-0.15, -0.1) is 0 Å². The molecule has 156 valence electrons. The Morgan fingerprint density at radius 2 is 1.89 bits per heavy atom. The van der Waals surface area contributed by atoms with E-state index in [0.717, 1.165) is 24.4 Å². The van der Waals surface area contributed by atoms with Gasteiger partial charge in [0.25, 0.3) is 0 Å². The summed E-state index contributed by atoms with van der Waals surface area (Å²) in [5.74, 6) is -1.35. The third kappa shape index (κ3) is 6.80. The zero-order valence-corrected chi connectivity index (χ0v) is 16.6. The number of carbonyl (C=O) groups excluding carboxylic acids is 1. The monoisotopic (exact) mass is 397 g/mol. The molecule has 0 bridgehead atoms. The number of halogens is 2. The molecular weight excluding hydrogens is 368 g/mol. The molecule has 1 aromatic rings. The zero-order valence-electron chi connectivity index (χ0n) is 16.6. The van der Waals surface area contributed by atoms with E-state index in [2.05, 4.69) is 4.99 Å². The molecule has 1 saturated heterocycles. The van der Waals surface area contributed by atoms with Crippen molar-refractivity contribution in [2.75, 3.05) is 39.3 Å².